The molecule has 0 saturated heterocycles. The largest absolute Gasteiger partial charge is 0.383 e. The van der Waals surface area contributed by atoms with Crippen LogP contribution in [0.5, 0.6) is 0 Å². The van der Waals surface area contributed by atoms with Gasteiger partial charge in [0.1, 0.15) is 23.0 Å². The van der Waals surface area contributed by atoms with E-state index in [0.29, 0.717) is 5.03 Å². The van der Waals surface area contributed by atoms with Crippen LogP contribution in [0.25, 0.3) is 0 Å². The van der Waals surface area contributed by atoms with Crippen LogP contribution in [0.4, 0.5) is 5.82 Å². The highest BCUT2D eigenvalue weighted by atomic mass is 32.2. The van der Waals surface area contributed by atoms with Crippen LogP contribution in [0.2, 0.25) is 0 Å². The van der Waals surface area contributed by atoms with Gasteiger partial charge in [0, 0.05) is 7.05 Å². The second-order valence-electron chi connectivity index (χ2n) is 6.40. The monoisotopic (exact) mass is 377 g/mol. The maximum Gasteiger partial charge on any atom is 0.233 e. The number of aryl methyl sites for hydroxylation is 1. The van der Waals surface area contributed by atoms with Crippen molar-refractivity contribution in [2.75, 3.05) is 18.5 Å². The third-order valence-electron chi connectivity index (χ3n) is 4.79. The summed E-state index contributed by atoms with van der Waals surface area (Å²) in [6.07, 6.45) is 3.04. The fourth-order valence-corrected chi connectivity index (χ4v) is 4.21. The molecule has 1 aromatic heterocycles. The number of thioether (sulfide) groups is 1. The van der Waals surface area contributed by atoms with Gasteiger partial charge in [0.25, 0.3) is 0 Å². The molecule has 2 aromatic rings. The highest BCUT2D eigenvalue weighted by molar-refractivity contribution is 8.00. The normalized spacial score (nSPS) is 15.3. The van der Waals surface area contributed by atoms with E-state index in [1.54, 1.807) is 4.90 Å². The van der Waals surface area contributed by atoms with E-state index >= 15 is 0 Å². The zero-order valence-corrected chi connectivity index (χ0v) is 15.8. The highest BCUT2D eigenvalue weighted by Crippen LogP contribution is 2.34. The van der Waals surface area contributed by atoms with Crippen LogP contribution in [-0.4, -0.2) is 28.6 Å². The number of hydrogen-bond acceptors (Lipinski definition) is 6. The Morgan fingerprint density at radius 1 is 1.33 bits per heavy atom. The highest BCUT2D eigenvalue weighted by Gasteiger charge is 2.26. The maximum absolute atomic E-state index is 12.7. The molecule has 6 nitrogen and oxygen atoms in total. The van der Waals surface area contributed by atoms with Crippen molar-refractivity contribution >= 4 is 23.5 Å². The smallest absolute Gasteiger partial charge is 0.233 e. The van der Waals surface area contributed by atoms with Gasteiger partial charge in [-0.15, -0.1) is 0 Å². The van der Waals surface area contributed by atoms with Gasteiger partial charge in [0.15, 0.2) is 0 Å². The van der Waals surface area contributed by atoms with E-state index in [9.17, 15) is 10.1 Å². The number of nitrogens with zero attached hydrogens (tertiary/aromatic N) is 4. The Kier molecular flexibility index (Phi) is 5.63. The summed E-state index contributed by atoms with van der Waals surface area (Å²) in [7, 11) is 1.82. The van der Waals surface area contributed by atoms with Gasteiger partial charge in [-0.05, 0) is 36.5 Å². The van der Waals surface area contributed by atoms with Crippen molar-refractivity contribution < 1.29 is 4.79 Å². The molecule has 0 aliphatic heterocycles. The third kappa shape index (κ3) is 3.89. The molecule has 0 saturated carbocycles. The molecule has 136 valence electrons. The molecule has 1 atom stereocenters. The van der Waals surface area contributed by atoms with Gasteiger partial charge < -0.3 is 10.6 Å². The van der Waals surface area contributed by atoms with Crippen molar-refractivity contribution in [3.8, 4) is 12.1 Å². The molecule has 7 heteroatoms. The van der Waals surface area contributed by atoms with Gasteiger partial charge in [-0.25, -0.2) is 4.98 Å². The van der Waals surface area contributed by atoms with E-state index < -0.39 is 0 Å². The summed E-state index contributed by atoms with van der Waals surface area (Å²) in [6, 6.07) is 13.7. The SMILES string of the molecule is CN(C(=O)CSc1nc(N)c(C#N)cc1C#N)[C@H]1CCCc2ccccc21. The number of nitrogens with two attached hydrogens (primary N) is 1. The number of carbonyl (C=O) groups is 1. The minimum Gasteiger partial charge on any atom is -0.383 e. The van der Waals surface area contributed by atoms with Crippen molar-refractivity contribution in [3.63, 3.8) is 0 Å². The van der Waals surface area contributed by atoms with E-state index in [4.69, 9.17) is 11.0 Å². The molecule has 27 heavy (non-hydrogen) atoms. The molecule has 0 fully saturated rings. The molecule has 1 aliphatic carbocycles. The number of rotatable bonds is 4. The van der Waals surface area contributed by atoms with Crippen molar-refractivity contribution in [2.24, 2.45) is 0 Å². The number of nitrogen functional groups attached to an aromatic ring is 1. The number of hydrogen-bond donors (Lipinski definition) is 1. The Bertz CT molecular complexity index is 960. The van der Waals surface area contributed by atoms with Gasteiger partial charge in [-0.2, -0.15) is 10.5 Å². The average molecular weight is 377 g/mol. The third-order valence-corrected chi connectivity index (χ3v) is 5.76. The summed E-state index contributed by atoms with van der Waals surface area (Å²) < 4.78 is 0. The number of fused-ring (bicyclic) bond motifs is 1. The number of amides is 1. The summed E-state index contributed by atoms with van der Waals surface area (Å²) in [5, 5.41) is 18.6. The number of benzene rings is 1. The lowest BCUT2D eigenvalue weighted by Crippen LogP contribution is -2.34. The molecule has 2 N–H and O–H groups in total. The number of nitriles is 2. The summed E-state index contributed by atoms with van der Waals surface area (Å²) in [6.45, 7) is 0. The zero-order valence-electron chi connectivity index (χ0n) is 15.0. The van der Waals surface area contributed by atoms with Crippen LogP contribution in [0.15, 0.2) is 35.4 Å². The molecule has 0 unspecified atom stereocenters. The lowest BCUT2D eigenvalue weighted by atomic mass is 9.87. The number of pyridine rings is 1. The molecule has 3 rings (SSSR count). The summed E-state index contributed by atoms with van der Waals surface area (Å²) >= 11 is 1.17. The quantitative estimate of drug-likeness (QED) is 0.821. The Morgan fingerprint density at radius 3 is 2.81 bits per heavy atom. The van der Waals surface area contributed by atoms with Crippen LogP contribution in [-0.2, 0) is 11.2 Å². The van der Waals surface area contributed by atoms with Gasteiger partial charge in [-0.3, -0.25) is 4.79 Å². The zero-order chi connectivity index (χ0) is 19.4. The number of carbonyl (C=O) groups excluding carboxylic acids is 1. The molecule has 0 bridgehead atoms. The van der Waals surface area contributed by atoms with E-state index in [2.05, 4.69) is 17.1 Å². The summed E-state index contributed by atoms with van der Waals surface area (Å²) in [5.74, 6) is 0.193. The average Bonchev–Trinajstić information content (AvgIpc) is 2.71. The minimum atomic E-state index is -0.0321. The molecular weight excluding hydrogens is 358 g/mol. The molecule has 0 spiro atoms. The first kappa shape index (κ1) is 18.8. The van der Waals surface area contributed by atoms with Gasteiger partial charge in [0.2, 0.25) is 5.91 Å². The van der Waals surface area contributed by atoms with Crippen molar-refractivity contribution in [2.45, 2.75) is 30.3 Å². The topological polar surface area (TPSA) is 107 Å². The van der Waals surface area contributed by atoms with E-state index in [1.165, 1.54) is 29.0 Å². The molecule has 1 amide bonds. The van der Waals surface area contributed by atoms with Crippen LogP contribution < -0.4 is 5.73 Å². The van der Waals surface area contributed by atoms with Gasteiger partial charge in [-0.1, -0.05) is 36.0 Å². The molecule has 1 heterocycles. The Morgan fingerprint density at radius 2 is 2.07 bits per heavy atom. The lowest BCUT2D eigenvalue weighted by Gasteiger charge is -2.33. The molecule has 1 aliphatic rings. The first-order chi connectivity index (χ1) is 13.0. The van der Waals surface area contributed by atoms with Gasteiger partial charge >= 0.3 is 0 Å². The van der Waals surface area contributed by atoms with Crippen LogP contribution >= 0.6 is 11.8 Å². The fourth-order valence-electron chi connectivity index (χ4n) is 3.33. The number of anilines is 1. The maximum atomic E-state index is 12.7. The molecule has 0 radical (unpaired) electrons. The van der Waals surface area contributed by atoms with Crippen LogP contribution in [0, 0.1) is 22.7 Å². The molecular formula is C20H19N5OS. The predicted octanol–water partition coefficient (Wildman–Crippen LogP) is 3.04. The second kappa shape index (κ2) is 8.11. The lowest BCUT2D eigenvalue weighted by molar-refractivity contribution is -0.129. The Hall–Kier alpha value is -3.03. The Labute approximate surface area is 162 Å². The van der Waals surface area contributed by atoms with Crippen molar-refractivity contribution in [1.29, 1.82) is 10.5 Å². The van der Waals surface area contributed by atoms with Crippen LogP contribution in [0.3, 0.4) is 0 Å². The van der Waals surface area contributed by atoms with Crippen molar-refractivity contribution in [1.82, 2.24) is 9.88 Å². The molecule has 1 aromatic carbocycles. The first-order valence-electron chi connectivity index (χ1n) is 8.62. The fraction of sp³-hybridized carbons (Fsp3) is 0.300. The summed E-state index contributed by atoms with van der Waals surface area (Å²) in [5.41, 5.74) is 8.67. The standard InChI is InChI=1S/C20H19N5OS/c1-25(17-8-4-6-13-5-2-3-7-16(13)17)18(26)12-27-20-15(11-22)9-14(10-21)19(23)24-20/h2-3,5,7,9,17H,4,6,8,12H2,1H3,(H2,23,24)/t17-/m0/s1. The Balaban J connectivity index is 1.73. The van der Waals surface area contributed by atoms with Crippen molar-refractivity contribution in [3.05, 3.63) is 52.6 Å². The van der Waals surface area contributed by atoms with E-state index in [1.807, 2.05) is 31.3 Å². The van der Waals surface area contributed by atoms with E-state index in [-0.39, 0.29) is 34.6 Å². The second-order valence-corrected chi connectivity index (χ2v) is 7.36. The minimum absolute atomic E-state index is 0.0321. The summed E-state index contributed by atoms with van der Waals surface area (Å²) in [4.78, 5) is 18.6. The predicted molar refractivity (Wildman–Crippen MR) is 104 cm³/mol. The van der Waals surface area contributed by atoms with Crippen LogP contribution in [0.1, 0.15) is 41.1 Å². The van der Waals surface area contributed by atoms with E-state index in [0.717, 1.165) is 19.3 Å². The van der Waals surface area contributed by atoms with Gasteiger partial charge in [0.05, 0.1) is 22.9 Å². The first-order valence-corrected chi connectivity index (χ1v) is 9.60. The number of aromatic nitrogens is 1.